The second kappa shape index (κ2) is 6.43. The van der Waals surface area contributed by atoms with Crippen molar-refractivity contribution in [2.24, 2.45) is 4.99 Å². The van der Waals surface area contributed by atoms with Crippen molar-refractivity contribution in [3.8, 4) is 0 Å². The first-order valence-corrected chi connectivity index (χ1v) is 8.78. The van der Waals surface area contributed by atoms with Crippen molar-refractivity contribution in [3.63, 3.8) is 0 Å². The fourth-order valence-corrected chi connectivity index (χ4v) is 3.36. The lowest BCUT2D eigenvalue weighted by Gasteiger charge is -2.18. The SMILES string of the molecule is Cc1cccc(C)c1N=C1c2ccccc2C(=O)N1c1ccc(Cl)cc1. The topological polar surface area (TPSA) is 32.7 Å². The summed E-state index contributed by atoms with van der Waals surface area (Å²) >= 11 is 6.02. The van der Waals surface area contributed by atoms with Crippen molar-refractivity contribution in [3.05, 3.63) is 94.0 Å². The number of halogens is 1. The Hall–Kier alpha value is -2.91. The second-order valence-corrected chi connectivity index (χ2v) is 6.77. The fraction of sp³-hybridized carbons (Fsp3) is 0.0909. The number of carbonyl (C=O) groups excluding carboxylic acids is 1. The van der Waals surface area contributed by atoms with E-state index >= 15 is 0 Å². The predicted molar refractivity (Wildman–Crippen MR) is 107 cm³/mol. The number of nitrogens with zero attached hydrogens (tertiary/aromatic N) is 2. The van der Waals surface area contributed by atoms with Crippen molar-refractivity contribution in [2.45, 2.75) is 13.8 Å². The number of para-hydroxylation sites is 1. The van der Waals surface area contributed by atoms with E-state index in [1.165, 1.54) is 0 Å². The Bertz CT molecular complexity index is 1020. The van der Waals surface area contributed by atoms with E-state index in [4.69, 9.17) is 16.6 Å². The highest BCUT2D eigenvalue weighted by Gasteiger charge is 2.34. The van der Waals surface area contributed by atoms with Gasteiger partial charge in [0.15, 0.2) is 0 Å². The molecule has 26 heavy (non-hydrogen) atoms. The van der Waals surface area contributed by atoms with Gasteiger partial charge in [-0.1, -0.05) is 48.0 Å². The normalized spacial score (nSPS) is 14.8. The van der Waals surface area contributed by atoms with Crippen molar-refractivity contribution in [1.82, 2.24) is 0 Å². The molecule has 1 amide bonds. The smallest absolute Gasteiger partial charge is 0.264 e. The number of aliphatic imine (C=N–C) groups is 1. The van der Waals surface area contributed by atoms with Gasteiger partial charge in [-0.25, -0.2) is 4.99 Å². The summed E-state index contributed by atoms with van der Waals surface area (Å²) < 4.78 is 0. The van der Waals surface area contributed by atoms with Gasteiger partial charge >= 0.3 is 0 Å². The molecule has 0 aliphatic carbocycles. The van der Waals surface area contributed by atoms with Gasteiger partial charge in [0.25, 0.3) is 5.91 Å². The Morgan fingerprint density at radius 3 is 2.08 bits per heavy atom. The molecule has 0 spiro atoms. The first-order chi connectivity index (χ1) is 12.6. The highest BCUT2D eigenvalue weighted by atomic mass is 35.5. The van der Waals surface area contributed by atoms with Crippen LogP contribution < -0.4 is 4.90 Å². The van der Waals surface area contributed by atoms with Crippen molar-refractivity contribution in [2.75, 3.05) is 4.90 Å². The van der Waals surface area contributed by atoms with Crippen LogP contribution in [-0.2, 0) is 0 Å². The van der Waals surface area contributed by atoms with E-state index in [0.29, 0.717) is 16.4 Å². The van der Waals surface area contributed by atoms with Crippen molar-refractivity contribution >= 4 is 34.7 Å². The van der Waals surface area contributed by atoms with Crippen LogP contribution in [0.3, 0.4) is 0 Å². The average Bonchev–Trinajstić information content (AvgIpc) is 2.92. The van der Waals surface area contributed by atoms with E-state index in [2.05, 4.69) is 0 Å². The minimum atomic E-state index is -0.0760. The number of anilines is 1. The fourth-order valence-electron chi connectivity index (χ4n) is 3.23. The van der Waals surface area contributed by atoms with Gasteiger partial charge in [0, 0.05) is 10.6 Å². The van der Waals surface area contributed by atoms with Gasteiger partial charge in [-0.05, 0) is 55.3 Å². The van der Waals surface area contributed by atoms with Crippen LogP contribution in [0.5, 0.6) is 0 Å². The summed E-state index contributed by atoms with van der Waals surface area (Å²) in [7, 11) is 0. The molecule has 0 N–H and O–H groups in total. The molecule has 0 radical (unpaired) electrons. The van der Waals surface area contributed by atoms with E-state index in [-0.39, 0.29) is 5.91 Å². The summed E-state index contributed by atoms with van der Waals surface area (Å²) in [5, 5.41) is 0.631. The number of hydrogen-bond acceptors (Lipinski definition) is 2. The number of aryl methyl sites for hydroxylation is 2. The molecular formula is C22H17ClN2O. The number of hydrogen-bond donors (Lipinski definition) is 0. The molecule has 3 aromatic rings. The van der Waals surface area contributed by atoms with E-state index in [9.17, 15) is 4.79 Å². The van der Waals surface area contributed by atoms with Gasteiger partial charge in [0.2, 0.25) is 0 Å². The lowest BCUT2D eigenvalue weighted by atomic mass is 10.1. The molecule has 1 aliphatic heterocycles. The molecular weight excluding hydrogens is 344 g/mol. The largest absolute Gasteiger partial charge is 0.268 e. The van der Waals surface area contributed by atoms with E-state index in [0.717, 1.165) is 28.1 Å². The number of rotatable bonds is 2. The quantitative estimate of drug-likeness (QED) is 0.577. The molecule has 0 atom stereocenters. The number of amidine groups is 1. The van der Waals surface area contributed by atoms with Crippen LogP contribution in [0, 0.1) is 13.8 Å². The molecule has 1 heterocycles. The highest BCUT2D eigenvalue weighted by molar-refractivity contribution is 6.36. The summed E-state index contributed by atoms with van der Waals surface area (Å²) in [5.41, 5.74) is 5.30. The Morgan fingerprint density at radius 2 is 1.42 bits per heavy atom. The van der Waals surface area contributed by atoms with E-state index in [1.54, 1.807) is 17.0 Å². The van der Waals surface area contributed by atoms with Crippen molar-refractivity contribution < 1.29 is 4.79 Å². The first kappa shape index (κ1) is 16.6. The number of benzene rings is 3. The Kier molecular flexibility index (Phi) is 4.09. The summed E-state index contributed by atoms with van der Waals surface area (Å²) in [5.74, 6) is 0.568. The second-order valence-electron chi connectivity index (χ2n) is 6.34. The third-order valence-corrected chi connectivity index (χ3v) is 4.81. The van der Waals surface area contributed by atoms with Gasteiger partial charge < -0.3 is 0 Å². The lowest BCUT2D eigenvalue weighted by Crippen LogP contribution is -2.30. The molecule has 0 saturated carbocycles. The number of amides is 1. The van der Waals surface area contributed by atoms with E-state index in [1.807, 2.05) is 68.4 Å². The minimum Gasteiger partial charge on any atom is -0.268 e. The minimum absolute atomic E-state index is 0.0760. The van der Waals surface area contributed by atoms with Gasteiger partial charge in [-0.2, -0.15) is 0 Å². The van der Waals surface area contributed by atoms with Gasteiger partial charge in [-0.15, -0.1) is 0 Å². The maximum absolute atomic E-state index is 13.1. The Balaban J connectivity index is 1.94. The zero-order valence-corrected chi connectivity index (χ0v) is 15.3. The van der Waals surface area contributed by atoms with Gasteiger partial charge in [-0.3, -0.25) is 9.69 Å². The molecule has 3 aromatic carbocycles. The highest BCUT2D eigenvalue weighted by Crippen LogP contribution is 2.33. The molecule has 0 saturated heterocycles. The number of carbonyl (C=O) groups is 1. The standard InChI is InChI=1S/C22H17ClN2O/c1-14-6-5-7-15(2)20(14)24-21-18-8-3-4-9-19(18)22(26)25(21)17-12-10-16(23)11-13-17/h3-13H,1-2H3. The Morgan fingerprint density at radius 1 is 0.808 bits per heavy atom. The van der Waals surface area contributed by atoms with Crippen LogP contribution in [-0.4, -0.2) is 11.7 Å². The maximum Gasteiger partial charge on any atom is 0.264 e. The zero-order chi connectivity index (χ0) is 18.3. The summed E-state index contributed by atoms with van der Waals surface area (Å²) in [4.78, 5) is 19.6. The maximum atomic E-state index is 13.1. The molecule has 3 nitrogen and oxygen atoms in total. The number of fused-ring (bicyclic) bond motifs is 1. The third-order valence-electron chi connectivity index (χ3n) is 4.56. The predicted octanol–water partition coefficient (Wildman–Crippen LogP) is 5.70. The van der Waals surface area contributed by atoms with Crippen LogP contribution in [0.15, 0.2) is 71.7 Å². The summed E-state index contributed by atoms with van der Waals surface area (Å²) in [6, 6.07) is 20.9. The molecule has 0 fully saturated rings. The lowest BCUT2D eigenvalue weighted by molar-refractivity contribution is 0.101. The summed E-state index contributed by atoms with van der Waals surface area (Å²) in [6.07, 6.45) is 0. The average molecular weight is 361 g/mol. The van der Waals surface area contributed by atoms with Crippen LogP contribution in [0.1, 0.15) is 27.0 Å². The molecule has 0 unspecified atom stereocenters. The summed E-state index contributed by atoms with van der Waals surface area (Å²) in [6.45, 7) is 4.06. The molecule has 128 valence electrons. The van der Waals surface area contributed by atoms with Gasteiger partial charge in [0.05, 0.1) is 16.9 Å². The van der Waals surface area contributed by atoms with Gasteiger partial charge in [0.1, 0.15) is 5.84 Å². The third kappa shape index (κ3) is 2.71. The van der Waals surface area contributed by atoms with Crippen LogP contribution in [0.25, 0.3) is 0 Å². The monoisotopic (exact) mass is 360 g/mol. The molecule has 0 aromatic heterocycles. The molecule has 0 bridgehead atoms. The van der Waals surface area contributed by atoms with Crippen LogP contribution >= 0.6 is 11.6 Å². The van der Waals surface area contributed by atoms with E-state index < -0.39 is 0 Å². The zero-order valence-electron chi connectivity index (χ0n) is 14.5. The van der Waals surface area contributed by atoms with Crippen LogP contribution in [0.2, 0.25) is 5.02 Å². The molecule has 1 aliphatic rings. The molecule has 4 heteroatoms. The molecule has 4 rings (SSSR count). The Labute approximate surface area is 157 Å². The van der Waals surface area contributed by atoms with Crippen molar-refractivity contribution in [1.29, 1.82) is 0 Å². The first-order valence-electron chi connectivity index (χ1n) is 8.40. The van der Waals surface area contributed by atoms with Crippen LogP contribution in [0.4, 0.5) is 11.4 Å².